The monoisotopic (exact) mass is 282 g/mol. The van der Waals surface area contributed by atoms with E-state index < -0.39 is 15.8 Å². The van der Waals surface area contributed by atoms with Crippen LogP contribution in [-0.2, 0) is 10.0 Å². The molecule has 1 aromatic carbocycles. The van der Waals surface area contributed by atoms with Crippen molar-refractivity contribution in [2.24, 2.45) is 5.92 Å². The Bertz CT molecular complexity index is 574. The van der Waals surface area contributed by atoms with Gasteiger partial charge in [0, 0.05) is 19.5 Å². The highest BCUT2D eigenvalue weighted by Gasteiger charge is 2.31. The van der Waals surface area contributed by atoms with Crippen LogP contribution in [0.15, 0.2) is 29.2 Å². The van der Waals surface area contributed by atoms with Gasteiger partial charge in [0.25, 0.3) is 0 Å². The minimum absolute atomic E-state index is 0.0764. The largest absolute Gasteiger partial charge is 0.243 e. The second-order valence-corrected chi connectivity index (χ2v) is 6.61. The maximum atomic E-state index is 12.8. The quantitative estimate of drug-likeness (QED) is 0.803. The van der Waals surface area contributed by atoms with Gasteiger partial charge < -0.3 is 0 Å². The number of benzene rings is 1. The molecular weight excluding hydrogens is 267 g/mol. The second kappa shape index (κ2) is 5.68. The Labute approximate surface area is 112 Å². The van der Waals surface area contributed by atoms with Gasteiger partial charge in [-0.2, -0.15) is 9.57 Å². The highest BCUT2D eigenvalue weighted by Crippen LogP contribution is 2.31. The molecule has 0 heterocycles. The van der Waals surface area contributed by atoms with Crippen LogP contribution in [0.3, 0.4) is 0 Å². The molecule has 0 bridgehead atoms. The van der Waals surface area contributed by atoms with Crippen LogP contribution in [0, 0.1) is 23.1 Å². The second-order valence-electron chi connectivity index (χ2n) is 4.67. The first-order valence-electron chi connectivity index (χ1n) is 6.16. The molecule has 2 rings (SSSR count). The summed E-state index contributed by atoms with van der Waals surface area (Å²) >= 11 is 0. The van der Waals surface area contributed by atoms with Crippen LogP contribution in [0.1, 0.15) is 19.3 Å². The van der Waals surface area contributed by atoms with Crippen molar-refractivity contribution in [1.82, 2.24) is 4.31 Å². The molecule has 1 aromatic rings. The summed E-state index contributed by atoms with van der Waals surface area (Å²) in [6.45, 7) is 0.633. The zero-order chi connectivity index (χ0) is 13.9. The van der Waals surface area contributed by atoms with Crippen LogP contribution in [0.4, 0.5) is 4.39 Å². The first-order chi connectivity index (χ1) is 9.04. The van der Waals surface area contributed by atoms with Crippen molar-refractivity contribution >= 4 is 10.0 Å². The lowest BCUT2D eigenvalue weighted by Crippen LogP contribution is -2.33. The fourth-order valence-electron chi connectivity index (χ4n) is 1.83. The third kappa shape index (κ3) is 3.52. The lowest BCUT2D eigenvalue weighted by atomic mass is 10.4. The summed E-state index contributed by atoms with van der Waals surface area (Å²) in [6.07, 6.45) is 2.22. The van der Waals surface area contributed by atoms with E-state index in [1.54, 1.807) is 0 Å². The Hall–Kier alpha value is -1.45. The number of rotatable bonds is 6. The molecule has 0 amide bonds. The van der Waals surface area contributed by atoms with E-state index in [1.807, 2.05) is 6.07 Å². The van der Waals surface area contributed by atoms with Gasteiger partial charge in [-0.1, -0.05) is 0 Å². The van der Waals surface area contributed by atoms with Crippen LogP contribution in [-0.4, -0.2) is 25.8 Å². The Morgan fingerprint density at radius 2 is 1.95 bits per heavy atom. The van der Waals surface area contributed by atoms with Gasteiger partial charge in [-0.25, -0.2) is 12.8 Å². The van der Waals surface area contributed by atoms with E-state index in [0.29, 0.717) is 12.5 Å². The molecule has 0 radical (unpaired) electrons. The van der Waals surface area contributed by atoms with Gasteiger partial charge in [0.05, 0.1) is 11.0 Å². The van der Waals surface area contributed by atoms with E-state index in [9.17, 15) is 12.8 Å². The lowest BCUT2D eigenvalue weighted by molar-refractivity contribution is 0.402. The van der Waals surface area contributed by atoms with Gasteiger partial charge in [-0.3, -0.25) is 0 Å². The summed E-state index contributed by atoms with van der Waals surface area (Å²) in [4.78, 5) is 0.0764. The molecule has 0 aliphatic heterocycles. The molecular formula is C13H15FN2O2S. The zero-order valence-electron chi connectivity index (χ0n) is 10.4. The summed E-state index contributed by atoms with van der Waals surface area (Å²) in [6, 6.07) is 6.74. The summed E-state index contributed by atoms with van der Waals surface area (Å²) in [5.74, 6) is -0.0707. The van der Waals surface area contributed by atoms with E-state index in [-0.39, 0.29) is 17.9 Å². The number of nitriles is 1. The first-order valence-corrected chi connectivity index (χ1v) is 7.60. The maximum Gasteiger partial charge on any atom is 0.243 e. The van der Waals surface area contributed by atoms with Gasteiger partial charge >= 0.3 is 0 Å². The Kier molecular flexibility index (Phi) is 4.17. The van der Waals surface area contributed by atoms with Crippen molar-refractivity contribution in [3.8, 4) is 6.07 Å². The molecule has 0 spiro atoms. The van der Waals surface area contributed by atoms with E-state index in [4.69, 9.17) is 5.26 Å². The van der Waals surface area contributed by atoms with Crippen LogP contribution in [0.25, 0.3) is 0 Å². The fourth-order valence-corrected chi connectivity index (χ4v) is 3.35. The van der Waals surface area contributed by atoms with Crippen LogP contribution >= 0.6 is 0 Å². The average molecular weight is 282 g/mol. The molecule has 6 heteroatoms. The number of hydrogen-bond acceptors (Lipinski definition) is 3. The molecule has 0 N–H and O–H groups in total. The van der Waals surface area contributed by atoms with Crippen molar-refractivity contribution in [3.63, 3.8) is 0 Å². The maximum absolute atomic E-state index is 12.8. The number of nitrogens with zero attached hydrogens (tertiary/aromatic N) is 2. The molecule has 1 aliphatic carbocycles. The smallest absolute Gasteiger partial charge is 0.207 e. The van der Waals surface area contributed by atoms with Crippen molar-refractivity contribution in [1.29, 1.82) is 5.26 Å². The number of sulfonamides is 1. The summed E-state index contributed by atoms with van der Waals surface area (Å²) in [5.41, 5.74) is 0. The molecule has 19 heavy (non-hydrogen) atoms. The van der Waals surface area contributed by atoms with Gasteiger partial charge in [-0.05, 0) is 43.0 Å². The Morgan fingerprint density at radius 1 is 1.32 bits per heavy atom. The molecule has 1 fully saturated rings. The zero-order valence-corrected chi connectivity index (χ0v) is 11.2. The molecule has 1 aliphatic rings. The minimum Gasteiger partial charge on any atom is -0.207 e. The Balaban J connectivity index is 2.21. The summed E-state index contributed by atoms with van der Waals surface area (Å²) < 4.78 is 39.0. The molecule has 4 nitrogen and oxygen atoms in total. The predicted molar refractivity (Wildman–Crippen MR) is 68.1 cm³/mol. The average Bonchev–Trinajstić information content (AvgIpc) is 3.18. The fraction of sp³-hybridized carbons (Fsp3) is 0.462. The van der Waals surface area contributed by atoms with E-state index in [1.165, 1.54) is 16.4 Å². The van der Waals surface area contributed by atoms with Gasteiger partial charge in [-0.15, -0.1) is 0 Å². The minimum atomic E-state index is -3.63. The van der Waals surface area contributed by atoms with E-state index in [0.717, 1.165) is 25.0 Å². The van der Waals surface area contributed by atoms with Crippen LogP contribution in [0.2, 0.25) is 0 Å². The van der Waals surface area contributed by atoms with Crippen molar-refractivity contribution in [3.05, 3.63) is 30.1 Å². The first kappa shape index (κ1) is 14.0. The third-order valence-corrected chi connectivity index (χ3v) is 4.96. The predicted octanol–water partition coefficient (Wildman–Crippen LogP) is 2.14. The lowest BCUT2D eigenvalue weighted by Gasteiger charge is -2.21. The van der Waals surface area contributed by atoms with Crippen molar-refractivity contribution in [2.45, 2.75) is 24.2 Å². The molecule has 0 unspecified atom stereocenters. The van der Waals surface area contributed by atoms with E-state index >= 15 is 0 Å². The number of halogens is 1. The molecule has 0 aromatic heterocycles. The number of hydrogen-bond donors (Lipinski definition) is 0. The van der Waals surface area contributed by atoms with Gasteiger partial charge in [0.1, 0.15) is 5.82 Å². The SMILES string of the molecule is N#CCCN(CC1CC1)S(=O)(=O)c1ccc(F)cc1. The van der Waals surface area contributed by atoms with E-state index in [2.05, 4.69) is 0 Å². The highest BCUT2D eigenvalue weighted by molar-refractivity contribution is 7.89. The molecule has 102 valence electrons. The molecule has 0 saturated heterocycles. The third-order valence-electron chi connectivity index (χ3n) is 3.08. The van der Waals surface area contributed by atoms with Crippen molar-refractivity contribution in [2.75, 3.05) is 13.1 Å². The van der Waals surface area contributed by atoms with Gasteiger partial charge in [0.2, 0.25) is 10.0 Å². The van der Waals surface area contributed by atoms with Crippen LogP contribution < -0.4 is 0 Å². The standard InChI is InChI=1S/C13H15FN2O2S/c14-12-4-6-13(7-5-12)19(17,18)16(9-1-8-15)10-11-2-3-11/h4-7,11H,1-3,9-10H2. The highest BCUT2D eigenvalue weighted by atomic mass is 32.2. The van der Waals surface area contributed by atoms with Crippen molar-refractivity contribution < 1.29 is 12.8 Å². The van der Waals surface area contributed by atoms with Crippen LogP contribution in [0.5, 0.6) is 0 Å². The Morgan fingerprint density at radius 3 is 2.47 bits per heavy atom. The van der Waals surface area contributed by atoms with Gasteiger partial charge in [0.15, 0.2) is 0 Å². The topological polar surface area (TPSA) is 61.2 Å². The summed E-state index contributed by atoms with van der Waals surface area (Å²) in [5, 5.41) is 8.62. The molecule has 0 atom stereocenters. The summed E-state index contributed by atoms with van der Waals surface area (Å²) in [7, 11) is -3.63. The normalized spacial score (nSPS) is 15.4. The molecule has 1 saturated carbocycles.